The molecular weight excluding hydrogens is 308 g/mol. The summed E-state index contributed by atoms with van der Waals surface area (Å²) in [7, 11) is 0. The van der Waals surface area contributed by atoms with Gasteiger partial charge >= 0.3 is 0 Å². The molecule has 0 unspecified atom stereocenters. The van der Waals surface area contributed by atoms with Crippen LogP contribution in [-0.2, 0) is 12.1 Å². The number of fused-ring (bicyclic) bond motifs is 1. The van der Waals surface area contributed by atoms with E-state index >= 15 is 0 Å². The zero-order valence-corrected chi connectivity index (χ0v) is 14.1. The minimum Gasteiger partial charge on any atom is -0.373 e. The maximum Gasteiger partial charge on any atom is 0.173 e. The van der Waals surface area contributed by atoms with E-state index in [1.54, 1.807) is 0 Å². The first-order chi connectivity index (χ1) is 12.2. The van der Waals surface area contributed by atoms with Crippen LogP contribution in [0.5, 0.6) is 0 Å². The molecule has 124 valence electrons. The van der Waals surface area contributed by atoms with E-state index in [4.69, 9.17) is 4.98 Å². The topological polar surface area (TPSA) is 38.0 Å². The van der Waals surface area contributed by atoms with Crippen LogP contribution in [0.1, 0.15) is 23.9 Å². The lowest BCUT2D eigenvalue weighted by Gasteiger charge is -2.29. The van der Waals surface area contributed by atoms with E-state index in [0.717, 1.165) is 28.7 Å². The van der Waals surface area contributed by atoms with Crippen molar-refractivity contribution in [1.82, 2.24) is 9.55 Å². The molecule has 4 rings (SSSR count). The molecule has 1 N–H and O–H groups in total. The van der Waals surface area contributed by atoms with E-state index < -0.39 is 5.60 Å². The molecule has 0 bridgehead atoms. The quantitative estimate of drug-likeness (QED) is 0.605. The lowest BCUT2D eigenvalue weighted by Crippen LogP contribution is -2.32. The van der Waals surface area contributed by atoms with Crippen molar-refractivity contribution in [3.8, 4) is 0 Å². The summed E-state index contributed by atoms with van der Waals surface area (Å²) in [6, 6.07) is 27.5. The zero-order valence-electron chi connectivity index (χ0n) is 14.1. The number of rotatable bonds is 4. The van der Waals surface area contributed by atoms with Crippen molar-refractivity contribution >= 4 is 11.0 Å². The van der Waals surface area contributed by atoms with Crippen molar-refractivity contribution in [2.45, 2.75) is 19.1 Å². The summed E-state index contributed by atoms with van der Waals surface area (Å²) < 4.78 is 2.09. The predicted octanol–water partition coefficient (Wildman–Crippen LogP) is 4.34. The van der Waals surface area contributed by atoms with Crippen molar-refractivity contribution in [3.63, 3.8) is 0 Å². The normalized spacial score (nSPS) is 11.8. The molecule has 0 saturated carbocycles. The molecule has 0 aliphatic carbocycles. The molecule has 3 heteroatoms. The fourth-order valence-corrected chi connectivity index (χ4v) is 3.46. The highest BCUT2D eigenvalue weighted by Gasteiger charge is 2.38. The summed E-state index contributed by atoms with van der Waals surface area (Å²) in [6.07, 6.45) is 0. The van der Waals surface area contributed by atoms with Gasteiger partial charge in [0.15, 0.2) is 11.4 Å². The number of benzene rings is 3. The van der Waals surface area contributed by atoms with Crippen LogP contribution in [-0.4, -0.2) is 14.7 Å². The first-order valence-electron chi connectivity index (χ1n) is 8.54. The van der Waals surface area contributed by atoms with Gasteiger partial charge in [0, 0.05) is 6.54 Å². The number of hydrogen-bond acceptors (Lipinski definition) is 2. The van der Waals surface area contributed by atoms with E-state index in [0.29, 0.717) is 5.82 Å². The summed E-state index contributed by atoms with van der Waals surface area (Å²) >= 11 is 0. The largest absolute Gasteiger partial charge is 0.373 e. The van der Waals surface area contributed by atoms with E-state index in [9.17, 15) is 5.11 Å². The first-order valence-corrected chi connectivity index (χ1v) is 8.54. The molecule has 0 spiro atoms. The van der Waals surface area contributed by atoms with Crippen molar-refractivity contribution < 1.29 is 5.11 Å². The molecule has 0 aliphatic heterocycles. The number of aryl methyl sites for hydroxylation is 1. The van der Waals surface area contributed by atoms with Crippen LogP contribution >= 0.6 is 0 Å². The third-order valence-electron chi connectivity index (χ3n) is 4.68. The maximum atomic E-state index is 12.0. The van der Waals surface area contributed by atoms with E-state index in [1.807, 2.05) is 84.9 Å². The highest BCUT2D eigenvalue weighted by molar-refractivity contribution is 5.76. The highest BCUT2D eigenvalue weighted by atomic mass is 16.3. The number of para-hydroxylation sites is 2. The van der Waals surface area contributed by atoms with Gasteiger partial charge in [0.25, 0.3) is 0 Å². The third-order valence-corrected chi connectivity index (χ3v) is 4.68. The van der Waals surface area contributed by atoms with Gasteiger partial charge in [-0.1, -0.05) is 72.8 Å². The Labute approximate surface area is 147 Å². The number of imidazole rings is 1. The fourth-order valence-electron chi connectivity index (χ4n) is 3.46. The number of nitrogens with zero attached hydrogens (tertiary/aromatic N) is 2. The van der Waals surface area contributed by atoms with Gasteiger partial charge in [-0.3, -0.25) is 0 Å². The minimum absolute atomic E-state index is 0.647. The molecule has 4 aromatic rings. The van der Waals surface area contributed by atoms with Crippen LogP contribution in [0.4, 0.5) is 0 Å². The number of aromatic nitrogens is 2. The van der Waals surface area contributed by atoms with Crippen LogP contribution in [0.25, 0.3) is 11.0 Å². The summed E-state index contributed by atoms with van der Waals surface area (Å²) in [6.45, 7) is 2.81. The van der Waals surface area contributed by atoms with Gasteiger partial charge in [0.1, 0.15) is 0 Å². The van der Waals surface area contributed by atoms with Gasteiger partial charge < -0.3 is 9.67 Å². The molecule has 3 aromatic carbocycles. The van der Waals surface area contributed by atoms with Crippen LogP contribution in [0.3, 0.4) is 0 Å². The monoisotopic (exact) mass is 328 g/mol. The molecule has 25 heavy (non-hydrogen) atoms. The lowest BCUT2D eigenvalue weighted by atomic mass is 9.85. The first kappa shape index (κ1) is 15.6. The van der Waals surface area contributed by atoms with Crippen molar-refractivity contribution in [2.24, 2.45) is 0 Å². The van der Waals surface area contributed by atoms with Crippen molar-refractivity contribution in [3.05, 3.63) is 102 Å². The second kappa shape index (κ2) is 6.19. The van der Waals surface area contributed by atoms with Crippen LogP contribution < -0.4 is 0 Å². The second-order valence-electron chi connectivity index (χ2n) is 6.11. The third kappa shape index (κ3) is 2.44. The summed E-state index contributed by atoms with van der Waals surface area (Å²) in [4.78, 5) is 4.82. The molecule has 0 fully saturated rings. The Bertz CT molecular complexity index is 951. The summed E-state index contributed by atoms with van der Waals surface area (Å²) in [5, 5.41) is 12.0. The van der Waals surface area contributed by atoms with Gasteiger partial charge in [-0.05, 0) is 30.2 Å². The zero-order chi connectivity index (χ0) is 17.3. The average molecular weight is 328 g/mol. The van der Waals surface area contributed by atoms with Gasteiger partial charge in [0.05, 0.1) is 11.0 Å². The van der Waals surface area contributed by atoms with Crippen molar-refractivity contribution in [1.29, 1.82) is 0 Å². The van der Waals surface area contributed by atoms with Crippen LogP contribution in [0.15, 0.2) is 84.9 Å². The molecular formula is C22H20N2O. The second-order valence-corrected chi connectivity index (χ2v) is 6.11. The maximum absolute atomic E-state index is 12.0. The van der Waals surface area contributed by atoms with Gasteiger partial charge in [-0.15, -0.1) is 0 Å². The lowest BCUT2D eigenvalue weighted by molar-refractivity contribution is 0.112. The Morgan fingerprint density at radius 3 is 1.88 bits per heavy atom. The fraction of sp³-hybridized carbons (Fsp3) is 0.136. The molecule has 0 radical (unpaired) electrons. The highest BCUT2D eigenvalue weighted by Crippen LogP contribution is 2.37. The molecule has 0 amide bonds. The number of hydrogen-bond donors (Lipinski definition) is 1. The van der Waals surface area contributed by atoms with Gasteiger partial charge in [-0.25, -0.2) is 4.98 Å². The van der Waals surface area contributed by atoms with Gasteiger partial charge in [-0.2, -0.15) is 0 Å². The van der Waals surface area contributed by atoms with E-state index in [2.05, 4.69) is 11.5 Å². The molecule has 0 saturated heterocycles. The van der Waals surface area contributed by atoms with E-state index in [1.165, 1.54) is 0 Å². The summed E-state index contributed by atoms with van der Waals surface area (Å²) in [5.41, 5.74) is 2.24. The smallest absolute Gasteiger partial charge is 0.173 e. The van der Waals surface area contributed by atoms with E-state index in [-0.39, 0.29) is 0 Å². The Morgan fingerprint density at radius 2 is 1.32 bits per heavy atom. The molecule has 0 atom stereocenters. The van der Waals surface area contributed by atoms with Gasteiger partial charge in [0.2, 0.25) is 0 Å². The van der Waals surface area contributed by atoms with Crippen LogP contribution in [0, 0.1) is 0 Å². The molecule has 1 heterocycles. The Kier molecular flexibility index (Phi) is 3.86. The standard InChI is InChI=1S/C22H20N2O/c1-2-24-20-16-10-9-15-19(20)23-21(24)22(25,17-11-5-3-6-12-17)18-13-7-4-8-14-18/h3-16,25H,2H2,1H3. The summed E-state index contributed by atoms with van der Waals surface area (Å²) in [5.74, 6) is 0.647. The minimum atomic E-state index is -1.31. The molecule has 1 aromatic heterocycles. The Morgan fingerprint density at radius 1 is 0.800 bits per heavy atom. The Balaban J connectivity index is 2.06. The van der Waals surface area contributed by atoms with Crippen molar-refractivity contribution in [2.75, 3.05) is 0 Å². The number of aliphatic hydroxyl groups is 1. The Hall–Kier alpha value is -2.91. The molecule has 3 nitrogen and oxygen atoms in total. The molecule has 0 aliphatic rings. The average Bonchev–Trinajstić information content (AvgIpc) is 3.08. The predicted molar refractivity (Wildman–Crippen MR) is 100 cm³/mol. The SMILES string of the molecule is CCn1c(C(O)(c2ccccc2)c2ccccc2)nc2ccccc21. The van der Waals surface area contributed by atoms with Crippen LogP contribution in [0.2, 0.25) is 0 Å².